The van der Waals surface area contributed by atoms with Crippen molar-refractivity contribution < 1.29 is 23.9 Å². The molecular formula is C28H36N4O5. The quantitative estimate of drug-likeness (QED) is 0.657. The molecule has 3 rings (SSSR count). The molecule has 9 nitrogen and oxygen atoms in total. The van der Waals surface area contributed by atoms with Gasteiger partial charge in [0.2, 0.25) is 17.7 Å². The number of benzene rings is 2. The predicted octanol–water partition coefficient (Wildman–Crippen LogP) is 2.01. The SMILES string of the molecule is COc1ccc(C[C@@H]2NC(=O)CCCN(C(=O)c3ccccc3)CCCNC(=O)[C@H](C)N(C)C2=O)cc1. The van der Waals surface area contributed by atoms with Gasteiger partial charge >= 0.3 is 0 Å². The molecule has 0 radical (unpaired) electrons. The highest BCUT2D eigenvalue weighted by Gasteiger charge is 2.30. The van der Waals surface area contributed by atoms with Gasteiger partial charge in [0.25, 0.3) is 5.91 Å². The Hall–Kier alpha value is -3.88. The number of nitrogens with one attached hydrogen (secondary N) is 2. The molecule has 2 atom stereocenters. The Morgan fingerprint density at radius 2 is 1.68 bits per heavy atom. The molecule has 9 heteroatoms. The fraction of sp³-hybridized carbons (Fsp3) is 0.429. The van der Waals surface area contributed by atoms with E-state index in [1.807, 2.05) is 30.3 Å². The summed E-state index contributed by atoms with van der Waals surface area (Å²) in [7, 11) is 3.15. The summed E-state index contributed by atoms with van der Waals surface area (Å²) in [6.07, 6.45) is 1.45. The molecule has 0 aliphatic carbocycles. The standard InChI is InChI=1S/C28H36N4O5/c1-20-26(34)29-16-8-18-32(27(35)22-9-5-4-6-10-22)17-7-11-25(33)30-24(28(36)31(20)2)19-21-12-14-23(37-3)15-13-21/h4-6,9-10,12-15,20,24H,7-8,11,16-19H2,1-3H3,(H,29,34)(H,30,33)/t20-,24-/m0/s1. The number of likely N-dealkylation sites (N-methyl/N-ethyl adjacent to an activating group) is 1. The minimum Gasteiger partial charge on any atom is -0.497 e. The second kappa shape index (κ2) is 13.4. The highest BCUT2D eigenvalue weighted by molar-refractivity contribution is 5.94. The number of rotatable bonds is 4. The fourth-order valence-corrected chi connectivity index (χ4v) is 4.21. The average molecular weight is 509 g/mol. The molecule has 0 aromatic heterocycles. The normalized spacial score (nSPS) is 20.4. The van der Waals surface area contributed by atoms with Crippen molar-refractivity contribution in [1.82, 2.24) is 20.4 Å². The van der Waals surface area contributed by atoms with Crippen LogP contribution in [0.4, 0.5) is 0 Å². The highest BCUT2D eigenvalue weighted by atomic mass is 16.5. The first kappa shape index (κ1) is 27.7. The van der Waals surface area contributed by atoms with Crippen LogP contribution in [-0.4, -0.2) is 79.3 Å². The lowest BCUT2D eigenvalue weighted by atomic mass is 10.0. The average Bonchev–Trinajstić information content (AvgIpc) is 2.92. The summed E-state index contributed by atoms with van der Waals surface area (Å²) in [5.41, 5.74) is 1.43. The van der Waals surface area contributed by atoms with Crippen molar-refractivity contribution in [3.8, 4) is 5.75 Å². The number of amides is 4. The Bertz CT molecular complexity index is 1070. The molecule has 2 aromatic rings. The van der Waals surface area contributed by atoms with E-state index in [9.17, 15) is 19.2 Å². The summed E-state index contributed by atoms with van der Waals surface area (Å²) in [6.45, 7) is 2.86. The summed E-state index contributed by atoms with van der Waals surface area (Å²) < 4.78 is 5.20. The third-order valence-corrected chi connectivity index (χ3v) is 6.58. The van der Waals surface area contributed by atoms with Crippen LogP contribution in [0.5, 0.6) is 5.75 Å². The van der Waals surface area contributed by atoms with Gasteiger partial charge in [-0.05, 0) is 49.6 Å². The van der Waals surface area contributed by atoms with E-state index in [1.165, 1.54) is 4.90 Å². The maximum absolute atomic E-state index is 13.4. The van der Waals surface area contributed by atoms with Crippen molar-refractivity contribution in [3.63, 3.8) is 0 Å². The first-order chi connectivity index (χ1) is 17.8. The molecule has 0 saturated carbocycles. The number of ether oxygens (including phenoxy) is 1. The van der Waals surface area contributed by atoms with Gasteiger partial charge in [0.15, 0.2) is 0 Å². The molecule has 1 saturated heterocycles. The smallest absolute Gasteiger partial charge is 0.253 e. The molecule has 2 aromatic carbocycles. The molecule has 1 fully saturated rings. The highest BCUT2D eigenvalue weighted by Crippen LogP contribution is 2.15. The van der Waals surface area contributed by atoms with Crippen LogP contribution >= 0.6 is 0 Å². The van der Waals surface area contributed by atoms with E-state index in [0.29, 0.717) is 43.8 Å². The maximum atomic E-state index is 13.4. The van der Waals surface area contributed by atoms with Crippen molar-refractivity contribution in [1.29, 1.82) is 0 Å². The van der Waals surface area contributed by atoms with Gasteiger partial charge in [-0.3, -0.25) is 19.2 Å². The number of carbonyl (C=O) groups is 4. The topological polar surface area (TPSA) is 108 Å². The predicted molar refractivity (Wildman–Crippen MR) is 140 cm³/mol. The van der Waals surface area contributed by atoms with E-state index in [2.05, 4.69) is 10.6 Å². The lowest BCUT2D eigenvalue weighted by Gasteiger charge is -2.29. The second-order valence-corrected chi connectivity index (χ2v) is 9.20. The van der Waals surface area contributed by atoms with E-state index in [1.54, 1.807) is 50.2 Å². The summed E-state index contributed by atoms with van der Waals surface area (Å²) in [5, 5.41) is 5.72. The Balaban J connectivity index is 1.78. The molecule has 4 amide bonds. The van der Waals surface area contributed by atoms with Crippen LogP contribution in [0.2, 0.25) is 0 Å². The maximum Gasteiger partial charge on any atom is 0.253 e. The zero-order valence-corrected chi connectivity index (χ0v) is 21.7. The van der Waals surface area contributed by atoms with Crippen LogP contribution in [0, 0.1) is 0 Å². The van der Waals surface area contributed by atoms with Gasteiger partial charge in [-0.2, -0.15) is 0 Å². The zero-order valence-electron chi connectivity index (χ0n) is 21.7. The molecule has 0 unspecified atom stereocenters. The van der Waals surface area contributed by atoms with E-state index < -0.39 is 12.1 Å². The fourth-order valence-electron chi connectivity index (χ4n) is 4.21. The molecule has 0 bridgehead atoms. The van der Waals surface area contributed by atoms with Gasteiger partial charge in [0.05, 0.1) is 7.11 Å². The van der Waals surface area contributed by atoms with Crippen molar-refractivity contribution in [2.75, 3.05) is 33.8 Å². The minimum atomic E-state index is -0.840. The molecule has 1 heterocycles. The Morgan fingerprint density at radius 1 is 1.00 bits per heavy atom. The van der Waals surface area contributed by atoms with Crippen molar-refractivity contribution in [2.24, 2.45) is 0 Å². The lowest BCUT2D eigenvalue weighted by Crippen LogP contribution is -2.54. The molecule has 198 valence electrons. The summed E-state index contributed by atoms with van der Waals surface area (Å²) >= 11 is 0. The molecular weight excluding hydrogens is 472 g/mol. The van der Waals surface area contributed by atoms with Crippen LogP contribution in [-0.2, 0) is 20.8 Å². The third-order valence-electron chi connectivity index (χ3n) is 6.58. The molecule has 2 N–H and O–H groups in total. The van der Waals surface area contributed by atoms with Gasteiger partial charge in [-0.1, -0.05) is 30.3 Å². The van der Waals surface area contributed by atoms with Gasteiger partial charge < -0.3 is 25.2 Å². The number of methoxy groups -OCH3 is 1. The summed E-state index contributed by atoms with van der Waals surface area (Å²) in [6, 6.07) is 14.7. The Kier molecular flexibility index (Phi) is 10.1. The summed E-state index contributed by atoms with van der Waals surface area (Å²) in [4.78, 5) is 55.1. The van der Waals surface area contributed by atoms with Crippen molar-refractivity contribution in [2.45, 2.75) is 44.7 Å². The van der Waals surface area contributed by atoms with E-state index >= 15 is 0 Å². The first-order valence-corrected chi connectivity index (χ1v) is 12.6. The first-order valence-electron chi connectivity index (χ1n) is 12.6. The lowest BCUT2D eigenvalue weighted by molar-refractivity contribution is -0.141. The van der Waals surface area contributed by atoms with Gasteiger partial charge in [-0.15, -0.1) is 0 Å². The second-order valence-electron chi connectivity index (χ2n) is 9.20. The molecule has 1 aliphatic rings. The Morgan fingerprint density at radius 3 is 2.35 bits per heavy atom. The number of hydrogen-bond acceptors (Lipinski definition) is 5. The van der Waals surface area contributed by atoms with E-state index in [4.69, 9.17) is 4.74 Å². The van der Waals surface area contributed by atoms with Crippen LogP contribution < -0.4 is 15.4 Å². The van der Waals surface area contributed by atoms with E-state index in [0.717, 1.165) is 5.56 Å². The molecule has 0 spiro atoms. The van der Waals surface area contributed by atoms with Crippen LogP contribution in [0.15, 0.2) is 54.6 Å². The van der Waals surface area contributed by atoms with Crippen molar-refractivity contribution in [3.05, 3.63) is 65.7 Å². The van der Waals surface area contributed by atoms with Gasteiger partial charge in [0.1, 0.15) is 17.8 Å². The number of nitrogens with zero attached hydrogens (tertiary/aromatic N) is 2. The number of carbonyl (C=O) groups excluding carboxylic acids is 4. The van der Waals surface area contributed by atoms with Crippen LogP contribution in [0.25, 0.3) is 0 Å². The monoisotopic (exact) mass is 508 g/mol. The summed E-state index contributed by atoms with van der Waals surface area (Å²) in [5.74, 6) is -0.335. The van der Waals surface area contributed by atoms with Gasteiger partial charge in [-0.25, -0.2) is 0 Å². The van der Waals surface area contributed by atoms with Crippen LogP contribution in [0.3, 0.4) is 0 Å². The van der Waals surface area contributed by atoms with Crippen LogP contribution in [0.1, 0.15) is 42.1 Å². The zero-order chi connectivity index (χ0) is 26.8. The van der Waals surface area contributed by atoms with Gasteiger partial charge in [0, 0.05) is 45.1 Å². The molecule has 1 aliphatic heterocycles. The third kappa shape index (κ3) is 7.80. The Labute approximate surface area is 218 Å². The van der Waals surface area contributed by atoms with E-state index in [-0.39, 0.29) is 36.5 Å². The largest absolute Gasteiger partial charge is 0.497 e. The minimum absolute atomic E-state index is 0.114. The number of hydrogen-bond donors (Lipinski definition) is 2. The van der Waals surface area contributed by atoms with Crippen molar-refractivity contribution >= 4 is 23.6 Å². The molecule has 37 heavy (non-hydrogen) atoms.